The molecule has 1 N–H and O–H groups in total. The quantitative estimate of drug-likeness (QED) is 0.759. The van der Waals surface area contributed by atoms with Crippen LogP contribution in [0.5, 0.6) is 5.75 Å². The van der Waals surface area contributed by atoms with Crippen molar-refractivity contribution in [1.29, 1.82) is 0 Å². The van der Waals surface area contributed by atoms with E-state index in [4.69, 9.17) is 4.74 Å². The number of aryl methyl sites for hydroxylation is 1. The Labute approximate surface area is 154 Å². The zero-order valence-electron chi connectivity index (χ0n) is 15.1. The van der Waals surface area contributed by atoms with E-state index in [1.807, 2.05) is 19.1 Å². The van der Waals surface area contributed by atoms with Crippen molar-refractivity contribution in [3.8, 4) is 5.75 Å². The zero-order valence-corrected chi connectivity index (χ0v) is 15.9. The van der Waals surface area contributed by atoms with Crippen LogP contribution in [-0.4, -0.2) is 39.2 Å². The van der Waals surface area contributed by atoms with E-state index in [1.165, 1.54) is 11.4 Å². The minimum Gasteiger partial charge on any atom is -0.495 e. The number of nitrogens with one attached hydrogen (secondary N) is 1. The smallest absolute Gasteiger partial charge is 0.232 e. The van der Waals surface area contributed by atoms with Crippen LogP contribution in [0, 0.1) is 6.92 Å². The fourth-order valence-electron chi connectivity index (χ4n) is 2.45. The fourth-order valence-corrected chi connectivity index (χ4v) is 3.38. The summed E-state index contributed by atoms with van der Waals surface area (Å²) in [5.74, 6) is 0.200. The molecule has 0 radical (unpaired) electrons. The van der Waals surface area contributed by atoms with E-state index in [0.29, 0.717) is 18.0 Å². The molecule has 0 atom stereocenters. The van der Waals surface area contributed by atoms with E-state index in [0.717, 1.165) is 17.4 Å². The maximum Gasteiger partial charge on any atom is 0.232 e. The molecule has 0 aliphatic carbocycles. The van der Waals surface area contributed by atoms with E-state index in [1.54, 1.807) is 30.6 Å². The summed E-state index contributed by atoms with van der Waals surface area (Å²) >= 11 is 0. The van der Waals surface area contributed by atoms with Gasteiger partial charge in [0.05, 0.1) is 19.1 Å². The second-order valence-electron chi connectivity index (χ2n) is 5.90. The van der Waals surface area contributed by atoms with Gasteiger partial charge in [0.1, 0.15) is 5.75 Å². The summed E-state index contributed by atoms with van der Waals surface area (Å²) in [6, 6.07) is 8.92. The van der Waals surface area contributed by atoms with Gasteiger partial charge in [-0.3, -0.25) is 14.1 Å². The van der Waals surface area contributed by atoms with Gasteiger partial charge in [-0.1, -0.05) is 12.1 Å². The summed E-state index contributed by atoms with van der Waals surface area (Å²) in [5.41, 5.74) is 2.20. The monoisotopic (exact) mass is 377 g/mol. The first-order valence-electron chi connectivity index (χ1n) is 8.09. The standard InChI is InChI=1S/C18H23N3O4S/c1-14-6-7-17(25-2)16(11-14)21(26(3,23)24)10-8-18(22)20-13-15-5-4-9-19-12-15/h4-7,9,11-12H,8,10,13H2,1-3H3,(H,20,22). The van der Waals surface area contributed by atoms with Gasteiger partial charge in [0.25, 0.3) is 0 Å². The van der Waals surface area contributed by atoms with E-state index >= 15 is 0 Å². The molecule has 0 bridgehead atoms. The van der Waals surface area contributed by atoms with Crippen LogP contribution in [-0.2, 0) is 21.4 Å². The predicted molar refractivity (Wildman–Crippen MR) is 101 cm³/mol. The van der Waals surface area contributed by atoms with Gasteiger partial charge >= 0.3 is 0 Å². The van der Waals surface area contributed by atoms with Gasteiger partial charge < -0.3 is 10.1 Å². The minimum absolute atomic E-state index is 0.0253. The largest absolute Gasteiger partial charge is 0.495 e. The molecule has 1 aromatic heterocycles. The summed E-state index contributed by atoms with van der Waals surface area (Å²) < 4.78 is 30.9. The second-order valence-corrected chi connectivity index (χ2v) is 7.81. The molecule has 0 aliphatic rings. The van der Waals surface area contributed by atoms with Crippen LogP contribution in [0.2, 0.25) is 0 Å². The third-order valence-electron chi connectivity index (χ3n) is 3.76. The lowest BCUT2D eigenvalue weighted by molar-refractivity contribution is -0.121. The van der Waals surface area contributed by atoms with Gasteiger partial charge in [0, 0.05) is 31.9 Å². The van der Waals surface area contributed by atoms with Gasteiger partial charge in [0.2, 0.25) is 15.9 Å². The first-order chi connectivity index (χ1) is 12.3. The van der Waals surface area contributed by atoms with Crippen molar-refractivity contribution in [1.82, 2.24) is 10.3 Å². The maximum absolute atomic E-state index is 12.2. The number of hydrogen-bond acceptors (Lipinski definition) is 5. The molecule has 0 spiro atoms. The molecule has 7 nitrogen and oxygen atoms in total. The summed E-state index contributed by atoms with van der Waals surface area (Å²) in [7, 11) is -2.09. The number of methoxy groups -OCH3 is 1. The number of pyridine rings is 1. The summed E-state index contributed by atoms with van der Waals surface area (Å²) in [4.78, 5) is 16.1. The van der Waals surface area contributed by atoms with Gasteiger partial charge in [-0.05, 0) is 36.2 Å². The molecule has 8 heteroatoms. The van der Waals surface area contributed by atoms with E-state index < -0.39 is 10.0 Å². The molecule has 0 unspecified atom stereocenters. The molecule has 140 valence electrons. The number of amides is 1. The number of carbonyl (C=O) groups is 1. The van der Waals surface area contributed by atoms with Crippen LogP contribution in [0.4, 0.5) is 5.69 Å². The highest BCUT2D eigenvalue weighted by Gasteiger charge is 2.22. The number of anilines is 1. The van der Waals surface area contributed by atoms with Crippen molar-refractivity contribution >= 4 is 21.6 Å². The average Bonchev–Trinajstić information content (AvgIpc) is 2.60. The highest BCUT2D eigenvalue weighted by Crippen LogP contribution is 2.31. The Kier molecular flexibility index (Phi) is 6.57. The summed E-state index contributed by atoms with van der Waals surface area (Å²) in [6.45, 7) is 2.24. The SMILES string of the molecule is COc1ccc(C)cc1N(CCC(=O)NCc1cccnc1)S(C)(=O)=O. The second kappa shape index (κ2) is 8.66. The van der Waals surface area contributed by atoms with E-state index in [2.05, 4.69) is 10.3 Å². The Balaban J connectivity index is 2.07. The van der Waals surface area contributed by atoms with Gasteiger partial charge in [0.15, 0.2) is 0 Å². The number of ether oxygens (including phenoxy) is 1. The average molecular weight is 377 g/mol. The maximum atomic E-state index is 12.2. The number of nitrogens with zero attached hydrogens (tertiary/aromatic N) is 2. The lowest BCUT2D eigenvalue weighted by Gasteiger charge is -2.24. The van der Waals surface area contributed by atoms with Gasteiger partial charge in [-0.2, -0.15) is 0 Å². The topological polar surface area (TPSA) is 88.6 Å². The predicted octanol–water partition coefficient (Wildman–Crippen LogP) is 1.87. The number of carbonyl (C=O) groups excluding carboxylic acids is 1. The normalized spacial score (nSPS) is 11.0. The van der Waals surface area contributed by atoms with Crippen molar-refractivity contribution in [3.05, 3.63) is 53.9 Å². The Morgan fingerprint density at radius 3 is 2.69 bits per heavy atom. The highest BCUT2D eigenvalue weighted by atomic mass is 32.2. The number of rotatable bonds is 8. The van der Waals surface area contributed by atoms with Crippen molar-refractivity contribution in [2.75, 3.05) is 24.2 Å². The Morgan fingerprint density at radius 1 is 1.31 bits per heavy atom. The lowest BCUT2D eigenvalue weighted by Crippen LogP contribution is -2.34. The highest BCUT2D eigenvalue weighted by molar-refractivity contribution is 7.92. The first-order valence-corrected chi connectivity index (χ1v) is 9.94. The Morgan fingerprint density at radius 2 is 2.08 bits per heavy atom. The number of hydrogen-bond donors (Lipinski definition) is 1. The molecule has 1 aromatic carbocycles. The van der Waals surface area contributed by atoms with Crippen molar-refractivity contribution in [2.45, 2.75) is 19.9 Å². The van der Waals surface area contributed by atoms with E-state index in [9.17, 15) is 13.2 Å². The third-order valence-corrected chi connectivity index (χ3v) is 4.94. The summed E-state index contributed by atoms with van der Waals surface area (Å²) in [5, 5.41) is 2.77. The van der Waals surface area contributed by atoms with Crippen LogP contribution in [0.25, 0.3) is 0 Å². The van der Waals surface area contributed by atoms with Crippen LogP contribution < -0.4 is 14.4 Å². The Bertz CT molecular complexity index is 854. The van der Waals surface area contributed by atoms with E-state index in [-0.39, 0.29) is 18.9 Å². The van der Waals surface area contributed by atoms with Crippen molar-refractivity contribution < 1.29 is 17.9 Å². The van der Waals surface area contributed by atoms with Gasteiger partial charge in [-0.15, -0.1) is 0 Å². The first kappa shape index (κ1) is 19.7. The summed E-state index contributed by atoms with van der Waals surface area (Å²) in [6.07, 6.45) is 4.47. The zero-order chi connectivity index (χ0) is 19.2. The molecule has 26 heavy (non-hydrogen) atoms. The molecule has 2 aromatic rings. The lowest BCUT2D eigenvalue weighted by atomic mass is 10.2. The van der Waals surface area contributed by atoms with Crippen molar-refractivity contribution in [3.63, 3.8) is 0 Å². The molecule has 0 saturated heterocycles. The Hall–Kier alpha value is -2.61. The molecule has 1 heterocycles. The van der Waals surface area contributed by atoms with Crippen LogP contribution in [0.1, 0.15) is 17.5 Å². The van der Waals surface area contributed by atoms with Crippen LogP contribution >= 0.6 is 0 Å². The third kappa shape index (κ3) is 5.45. The molecule has 0 aliphatic heterocycles. The number of sulfonamides is 1. The van der Waals surface area contributed by atoms with Crippen molar-refractivity contribution in [2.24, 2.45) is 0 Å². The molecule has 0 fully saturated rings. The molecular formula is C18H23N3O4S. The number of aromatic nitrogens is 1. The molecule has 2 rings (SSSR count). The molecular weight excluding hydrogens is 354 g/mol. The fraction of sp³-hybridized carbons (Fsp3) is 0.333. The minimum atomic E-state index is -3.57. The van der Waals surface area contributed by atoms with Crippen LogP contribution in [0.15, 0.2) is 42.7 Å². The number of benzene rings is 1. The molecule has 0 saturated carbocycles. The van der Waals surface area contributed by atoms with Gasteiger partial charge in [-0.25, -0.2) is 8.42 Å². The molecule has 1 amide bonds. The van der Waals surface area contributed by atoms with Crippen LogP contribution in [0.3, 0.4) is 0 Å².